The fourth-order valence-electron chi connectivity index (χ4n) is 1.57. The van der Waals surface area contributed by atoms with Crippen LogP contribution in [-0.4, -0.2) is 9.97 Å². The van der Waals surface area contributed by atoms with E-state index in [1.54, 1.807) is 6.20 Å². The van der Waals surface area contributed by atoms with Crippen molar-refractivity contribution in [1.29, 1.82) is 0 Å². The standard InChI is InChI=1S/C13H14ClN3/c1-9-3-5-11(6-4-9)10(2)16-13-8-15-7-12(14)17-13/h3-8,10H,1-2H3,(H,16,17)/t10-/m1/s1. The normalized spacial score (nSPS) is 12.2. The van der Waals surface area contributed by atoms with Crippen LogP contribution in [-0.2, 0) is 0 Å². The molecule has 4 heteroatoms. The summed E-state index contributed by atoms with van der Waals surface area (Å²) in [5, 5.41) is 3.65. The van der Waals surface area contributed by atoms with Crippen LogP contribution in [0.25, 0.3) is 0 Å². The molecule has 3 nitrogen and oxygen atoms in total. The van der Waals surface area contributed by atoms with Crippen molar-refractivity contribution in [2.45, 2.75) is 19.9 Å². The molecule has 0 saturated carbocycles. The molecule has 0 spiro atoms. The van der Waals surface area contributed by atoms with Crippen molar-refractivity contribution in [3.8, 4) is 0 Å². The van der Waals surface area contributed by atoms with Gasteiger partial charge in [-0.15, -0.1) is 0 Å². The number of aromatic nitrogens is 2. The topological polar surface area (TPSA) is 37.8 Å². The van der Waals surface area contributed by atoms with E-state index in [2.05, 4.69) is 53.4 Å². The van der Waals surface area contributed by atoms with Gasteiger partial charge in [0.15, 0.2) is 0 Å². The van der Waals surface area contributed by atoms with E-state index in [0.717, 1.165) is 0 Å². The van der Waals surface area contributed by atoms with Gasteiger partial charge in [0.05, 0.1) is 12.4 Å². The Hall–Kier alpha value is -1.61. The van der Waals surface area contributed by atoms with Crippen LogP contribution in [0, 0.1) is 6.92 Å². The van der Waals surface area contributed by atoms with Gasteiger partial charge in [-0.05, 0) is 19.4 Å². The van der Waals surface area contributed by atoms with Crippen molar-refractivity contribution in [2.24, 2.45) is 0 Å². The lowest BCUT2D eigenvalue weighted by molar-refractivity contribution is 0.871. The summed E-state index contributed by atoms with van der Waals surface area (Å²) in [6.45, 7) is 4.15. The highest BCUT2D eigenvalue weighted by Gasteiger charge is 2.06. The van der Waals surface area contributed by atoms with Gasteiger partial charge in [0.1, 0.15) is 11.0 Å². The quantitative estimate of drug-likeness (QED) is 0.900. The second kappa shape index (κ2) is 5.15. The Morgan fingerprint density at radius 3 is 2.53 bits per heavy atom. The zero-order valence-electron chi connectivity index (χ0n) is 9.81. The van der Waals surface area contributed by atoms with Crippen LogP contribution in [0.4, 0.5) is 5.82 Å². The lowest BCUT2D eigenvalue weighted by atomic mass is 10.1. The molecule has 1 aromatic heterocycles. The molecule has 17 heavy (non-hydrogen) atoms. The van der Waals surface area contributed by atoms with Gasteiger partial charge in [-0.25, -0.2) is 4.98 Å². The Balaban J connectivity index is 2.11. The SMILES string of the molecule is Cc1ccc([C@@H](C)Nc2cncc(Cl)n2)cc1. The highest BCUT2D eigenvalue weighted by atomic mass is 35.5. The molecule has 2 aromatic rings. The van der Waals surface area contributed by atoms with E-state index >= 15 is 0 Å². The second-order valence-corrected chi connectivity index (χ2v) is 4.39. The number of aryl methyl sites for hydroxylation is 1. The average Bonchev–Trinajstić information content (AvgIpc) is 2.29. The van der Waals surface area contributed by atoms with Gasteiger partial charge in [-0.3, -0.25) is 4.98 Å². The maximum atomic E-state index is 5.78. The molecule has 0 unspecified atom stereocenters. The molecule has 0 aliphatic heterocycles. The third-order valence-electron chi connectivity index (χ3n) is 2.55. The lowest BCUT2D eigenvalue weighted by Gasteiger charge is -2.14. The first kappa shape index (κ1) is 11.9. The molecule has 1 N–H and O–H groups in total. The number of nitrogens with zero attached hydrogens (tertiary/aromatic N) is 2. The zero-order valence-corrected chi connectivity index (χ0v) is 10.6. The van der Waals surface area contributed by atoms with Gasteiger partial charge in [0.2, 0.25) is 0 Å². The summed E-state index contributed by atoms with van der Waals surface area (Å²) in [6.07, 6.45) is 3.18. The molecule has 0 fully saturated rings. The van der Waals surface area contributed by atoms with Crippen LogP contribution < -0.4 is 5.32 Å². The number of hydrogen-bond donors (Lipinski definition) is 1. The smallest absolute Gasteiger partial charge is 0.149 e. The van der Waals surface area contributed by atoms with Crippen LogP contribution in [0.1, 0.15) is 24.1 Å². The number of rotatable bonds is 3. The molecular formula is C13H14ClN3. The van der Waals surface area contributed by atoms with Crippen molar-refractivity contribution in [3.63, 3.8) is 0 Å². The number of anilines is 1. The molecular weight excluding hydrogens is 234 g/mol. The predicted octanol–water partition coefficient (Wildman–Crippen LogP) is 3.61. The third kappa shape index (κ3) is 3.17. The van der Waals surface area contributed by atoms with Gasteiger partial charge >= 0.3 is 0 Å². The van der Waals surface area contributed by atoms with Gasteiger partial charge in [-0.1, -0.05) is 41.4 Å². The van der Waals surface area contributed by atoms with Crippen molar-refractivity contribution in [3.05, 3.63) is 52.9 Å². The lowest BCUT2D eigenvalue weighted by Crippen LogP contribution is -2.08. The van der Waals surface area contributed by atoms with Crippen LogP contribution in [0.15, 0.2) is 36.7 Å². The molecule has 88 valence electrons. The van der Waals surface area contributed by atoms with Gasteiger partial charge < -0.3 is 5.32 Å². The molecule has 2 rings (SSSR count). The van der Waals surface area contributed by atoms with Crippen molar-refractivity contribution >= 4 is 17.4 Å². The maximum absolute atomic E-state index is 5.78. The van der Waals surface area contributed by atoms with E-state index in [1.165, 1.54) is 17.3 Å². The van der Waals surface area contributed by atoms with E-state index in [4.69, 9.17) is 11.6 Å². The molecule has 0 amide bonds. The van der Waals surface area contributed by atoms with Gasteiger partial charge in [-0.2, -0.15) is 0 Å². The Labute approximate surface area is 106 Å². The van der Waals surface area contributed by atoms with Crippen molar-refractivity contribution in [2.75, 3.05) is 5.32 Å². The third-order valence-corrected chi connectivity index (χ3v) is 2.73. The monoisotopic (exact) mass is 247 g/mol. The molecule has 0 bridgehead atoms. The van der Waals surface area contributed by atoms with Crippen LogP contribution in [0.3, 0.4) is 0 Å². The van der Waals surface area contributed by atoms with E-state index in [9.17, 15) is 0 Å². The first-order valence-corrected chi connectivity index (χ1v) is 5.83. The number of nitrogens with one attached hydrogen (secondary N) is 1. The van der Waals surface area contributed by atoms with Crippen LogP contribution >= 0.6 is 11.6 Å². The Morgan fingerprint density at radius 2 is 1.88 bits per heavy atom. The first-order valence-electron chi connectivity index (χ1n) is 5.46. The summed E-state index contributed by atoms with van der Waals surface area (Å²) in [7, 11) is 0. The number of benzene rings is 1. The van der Waals surface area contributed by atoms with Crippen molar-refractivity contribution < 1.29 is 0 Å². The summed E-state index contributed by atoms with van der Waals surface area (Å²) in [4.78, 5) is 8.14. The summed E-state index contributed by atoms with van der Waals surface area (Å²) >= 11 is 5.78. The molecule has 0 aliphatic carbocycles. The van der Waals surface area contributed by atoms with E-state index in [-0.39, 0.29) is 6.04 Å². The Morgan fingerprint density at radius 1 is 1.18 bits per heavy atom. The van der Waals surface area contributed by atoms with Crippen molar-refractivity contribution in [1.82, 2.24) is 9.97 Å². The zero-order chi connectivity index (χ0) is 12.3. The Kier molecular flexibility index (Phi) is 3.59. The summed E-state index contributed by atoms with van der Waals surface area (Å²) in [6, 6.07) is 8.56. The molecule has 1 heterocycles. The highest BCUT2D eigenvalue weighted by Crippen LogP contribution is 2.18. The van der Waals surface area contributed by atoms with E-state index in [0.29, 0.717) is 11.0 Å². The fraction of sp³-hybridized carbons (Fsp3) is 0.231. The fourth-order valence-corrected chi connectivity index (χ4v) is 1.72. The highest BCUT2D eigenvalue weighted by molar-refractivity contribution is 6.29. The minimum Gasteiger partial charge on any atom is -0.362 e. The predicted molar refractivity (Wildman–Crippen MR) is 70.3 cm³/mol. The Bertz CT molecular complexity index is 496. The average molecular weight is 248 g/mol. The first-order chi connectivity index (χ1) is 8.15. The second-order valence-electron chi connectivity index (χ2n) is 4.00. The molecule has 0 radical (unpaired) electrons. The summed E-state index contributed by atoms with van der Waals surface area (Å²) < 4.78 is 0. The van der Waals surface area contributed by atoms with E-state index < -0.39 is 0 Å². The van der Waals surface area contributed by atoms with Gasteiger partial charge in [0, 0.05) is 6.04 Å². The summed E-state index contributed by atoms with van der Waals surface area (Å²) in [5.41, 5.74) is 2.46. The molecule has 1 aromatic carbocycles. The number of hydrogen-bond acceptors (Lipinski definition) is 3. The molecule has 0 saturated heterocycles. The van der Waals surface area contributed by atoms with Gasteiger partial charge in [0.25, 0.3) is 0 Å². The van der Waals surface area contributed by atoms with E-state index in [1.807, 2.05) is 0 Å². The number of halogens is 1. The molecule has 1 atom stereocenters. The largest absolute Gasteiger partial charge is 0.362 e. The summed E-state index contributed by atoms with van der Waals surface area (Å²) in [5.74, 6) is 0.686. The van der Waals surface area contributed by atoms with Crippen LogP contribution in [0.2, 0.25) is 5.15 Å². The maximum Gasteiger partial charge on any atom is 0.149 e. The van der Waals surface area contributed by atoms with Crippen LogP contribution in [0.5, 0.6) is 0 Å². The minimum atomic E-state index is 0.170. The molecule has 0 aliphatic rings. The minimum absolute atomic E-state index is 0.170.